The third-order valence-corrected chi connectivity index (χ3v) is 2.78. The zero-order chi connectivity index (χ0) is 14.3. The van der Waals surface area contributed by atoms with E-state index in [2.05, 4.69) is 5.32 Å². The Balaban J connectivity index is 4.32. The van der Waals surface area contributed by atoms with Gasteiger partial charge in [-0.2, -0.15) is 0 Å². The van der Waals surface area contributed by atoms with Gasteiger partial charge in [-0.15, -0.1) is 0 Å². The van der Waals surface area contributed by atoms with Gasteiger partial charge in [0.15, 0.2) is 0 Å². The number of carboxylic acids is 1. The minimum atomic E-state index is -0.910. The van der Waals surface area contributed by atoms with Crippen LogP contribution in [0.1, 0.15) is 20.8 Å². The molecule has 0 aliphatic carbocycles. The molecule has 2 atom stereocenters. The lowest BCUT2D eigenvalue weighted by Crippen LogP contribution is -2.48. The molecule has 0 rings (SSSR count). The predicted octanol–water partition coefficient (Wildman–Crippen LogP) is 1.02. The van der Waals surface area contributed by atoms with Crippen molar-refractivity contribution in [3.63, 3.8) is 0 Å². The Labute approximate surface area is 108 Å². The van der Waals surface area contributed by atoms with Gasteiger partial charge in [-0.05, 0) is 5.92 Å². The number of nitrogens with zero attached hydrogens (tertiary/aromatic N) is 1. The summed E-state index contributed by atoms with van der Waals surface area (Å²) >= 11 is 0. The largest absolute Gasteiger partial charge is 0.481 e. The number of carboxylic acid groups (broad SMARTS) is 1. The van der Waals surface area contributed by atoms with Gasteiger partial charge in [0.25, 0.3) is 0 Å². The molecule has 6 heteroatoms. The van der Waals surface area contributed by atoms with E-state index >= 15 is 0 Å². The van der Waals surface area contributed by atoms with E-state index in [1.807, 2.05) is 13.8 Å². The van der Waals surface area contributed by atoms with E-state index < -0.39 is 11.9 Å². The molecule has 18 heavy (non-hydrogen) atoms. The molecule has 0 heterocycles. The second-order valence-corrected chi connectivity index (χ2v) is 4.88. The summed E-state index contributed by atoms with van der Waals surface area (Å²) < 4.78 is 5.04. The van der Waals surface area contributed by atoms with Gasteiger partial charge < -0.3 is 20.1 Å². The van der Waals surface area contributed by atoms with Gasteiger partial charge in [0.1, 0.15) is 0 Å². The van der Waals surface area contributed by atoms with E-state index in [4.69, 9.17) is 9.84 Å². The molecule has 2 N–H and O–H groups in total. The van der Waals surface area contributed by atoms with E-state index in [1.165, 1.54) is 4.90 Å². The second-order valence-electron chi connectivity index (χ2n) is 4.88. The van der Waals surface area contributed by atoms with Crippen LogP contribution < -0.4 is 5.32 Å². The standard InChI is InChI=1S/C12H24N2O4/c1-8(2)10(7-18-5)13-12(17)14(4)6-9(3)11(15)16/h8-10H,6-7H2,1-5H3,(H,13,17)(H,15,16). The van der Waals surface area contributed by atoms with Crippen LogP contribution in [0.4, 0.5) is 4.79 Å². The molecule has 0 aromatic rings. The van der Waals surface area contributed by atoms with Crippen LogP contribution in [-0.4, -0.2) is 55.4 Å². The van der Waals surface area contributed by atoms with E-state index in [0.29, 0.717) is 6.61 Å². The maximum absolute atomic E-state index is 11.9. The van der Waals surface area contributed by atoms with Gasteiger partial charge in [-0.25, -0.2) is 4.79 Å². The number of methoxy groups -OCH3 is 1. The van der Waals surface area contributed by atoms with E-state index in [9.17, 15) is 9.59 Å². The van der Waals surface area contributed by atoms with Gasteiger partial charge in [0, 0.05) is 20.7 Å². The van der Waals surface area contributed by atoms with Crippen molar-refractivity contribution in [2.75, 3.05) is 27.3 Å². The molecular weight excluding hydrogens is 236 g/mol. The molecule has 0 fully saturated rings. The van der Waals surface area contributed by atoms with Gasteiger partial charge in [-0.1, -0.05) is 20.8 Å². The lowest BCUT2D eigenvalue weighted by Gasteiger charge is -2.26. The summed E-state index contributed by atoms with van der Waals surface area (Å²) in [6, 6.07) is -0.357. The van der Waals surface area contributed by atoms with Crippen molar-refractivity contribution in [1.29, 1.82) is 0 Å². The maximum Gasteiger partial charge on any atom is 0.317 e. The van der Waals surface area contributed by atoms with Crippen molar-refractivity contribution >= 4 is 12.0 Å². The van der Waals surface area contributed by atoms with Crippen molar-refractivity contribution in [3.8, 4) is 0 Å². The van der Waals surface area contributed by atoms with Gasteiger partial charge >= 0.3 is 12.0 Å². The van der Waals surface area contributed by atoms with E-state index in [1.54, 1.807) is 21.1 Å². The zero-order valence-corrected chi connectivity index (χ0v) is 11.8. The Morgan fingerprint density at radius 3 is 2.28 bits per heavy atom. The van der Waals surface area contributed by atoms with Crippen LogP contribution in [0.15, 0.2) is 0 Å². The molecular formula is C12H24N2O4. The highest BCUT2D eigenvalue weighted by molar-refractivity contribution is 5.76. The molecule has 6 nitrogen and oxygen atoms in total. The monoisotopic (exact) mass is 260 g/mol. The summed E-state index contributed by atoms with van der Waals surface area (Å²) in [5, 5.41) is 11.6. The third kappa shape index (κ3) is 5.86. The van der Waals surface area contributed by atoms with Crippen LogP contribution in [0, 0.1) is 11.8 Å². The average Bonchev–Trinajstić information content (AvgIpc) is 2.27. The number of carbonyl (C=O) groups is 2. The molecule has 0 aliphatic heterocycles. The molecule has 0 saturated carbocycles. The number of hydrogen-bond acceptors (Lipinski definition) is 3. The number of amides is 2. The van der Waals surface area contributed by atoms with Crippen LogP contribution in [0.5, 0.6) is 0 Å². The minimum absolute atomic E-state index is 0.0786. The Bertz CT molecular complexity index is 281. The normalized spacial score (nSPS) is 14.1. The number of ether oxygens (including phenoxy) is 1. The predicted molar refractivity (Wildman–Crippen MR) is 68.5 cm³/mol. The highest BCUT2D eigenvalue weighted by Gasteiger charge is 2.21. The van der Waals surface area contributed by atoms with E-state index in [0.717, 1.165) is 0 Å². The van der Waals surface area contributed by atoms with Crippen molar-refractivity contribution in [3.05, 3.63) is 0 Å². The highest BCUT2D eigenvalue weighted by atomic mass is 16.5. The van der Waals surface area contributed by atoms with Crippen molar-refractivity contribution < 1.29 is 19.4 Å². The first-order valence-electron chi connectivity index (χ1n) is 6.03. The Hall–Kier alpha value is -1.30. The average molecular weight is 260 g/mol. The summed E-state index contributed by atoms with van der Waals surface area (Å²) in [4.78, 5) is 23.9. The molecule has 0 saturated heterocycles. The molecule has 0 aromatic heterocycles. The molecule has 2 unspecified atom stereocenters. The van der Waals surface area contributed by atoms with E-state index in [-0.39, 0.29) is 24.5 Å². The topological polar surface area (TPSA) is 78.9 Å². The molecule has 0 aliphatic rings. The maximum atomic E-state index is 11.9. The van der Waals surface area contributed by atoms with Crippen LogP contribution in [-0.2, 0) is 9.53 Å². The number of hydrogen-bond donors (Lipinski definition) is 2. The fourth-order valence-electron chi connectivity index (χ4n) is 1.42. The number of nitrogens with one attached hydrogen (secondary N) is 1. The van der Waals surface area contributed by atoms with Crippen LogP contribution >= 0.6 is 0 Å². The summed E-state index contributed by atoms with van der Waals surface area (Å²) in [5.41, 5.74) is 0. The van der Waals surface area contributed by atoms with Crippen molar-refractivity contribution in [2.24, 2.45) is 11.8 Å². The Kier molecular flexibility index (Phi) is 7.35. The number of rotatable bonds is 7. The summed E-state index contributed by atoms with van der Waals surface area (Å²) in [5.74, 6) is -1.24. The lowest BCUT2D eigenvalue weighted by molar-refractivity contribution is -0.141. The Morgan fingerprint density at radius 2 is 1.89 bits per heavy atom. The first-order valence-corrected chi connectivity index (χ1v) is 6.03. The fourth-order valence-corrected chi connectivity index (χ4v) is 1.42. The van der Waals surface area contributed by atoms with Gasteiger partial charge in [0.05, 0.1) is 18.6 Å². The summed E-state index contributed by atoms with van der Waals surface area (Å²) in [7, 11) is 3.16. The van der Waals surface area contributed by atoms with Gasteiger partial charge in [0.2, 0.25) is 0 Å². The van der Waals surface area contributed by atoms with Crippen LogP contribution in [0.2, 0.25) is 0 Å². The number of urea groups is 1. The lowest BCUT2D eigenvalue weighted by atomic mass is 10.1. The van der Waals surface area contributed by atoms with Crippen molar-refractivity contribution in [2.45, 2.75) is 26.8 Å². The molecule has 0 radical (unpaired) electrons. The zero-order valence-electron chi connectivity index (χ0n) is 11.8. The van der Waals surface area contributed by atoms with Crippen molar-refractivity contribution in [1.82, 2.24) is 10.2 Å². The third-order valence-electron chi connectivity index (χ3n) is 2.78. The highest BCUT2D eigenvalue weighted by Crippen LogP contribution is 2.04. The first kappa shape index (κ1) is 16.7. The van der Waals surface area contributed by atoms with Gasteiger partial charge in [-0.3, -0.25) is 4.79 Å². The summed E-state index contributed by atoms with van der Waals surface area (Å²) in [6.07, 6.45) is 0. The molecule has 0 spiro atoms. The fraction of sp³-hybridized carbons (Fsp3) is 0.833. The SMILES string of the molecule is COCC(NC(=O)N(C)CC(C)C(=O)O)C(C)C. The minimum Gasteiger partial charge on any atom is -0.481 e. The smallest absolute Gasteiger partial charge is 0.317 e. The Morgan fingerprint density at radius 1 is 1.33 bits per heavy atom. The number of aliphatic carboxylic acids is 1. The molecule has 0 aromatic carbocycles. The molecule has 106 valence electrons. The molecule has 2 amide bonds. The quantitative estimate of drug-likeness (QED) is 0.716. The molecule has 0 bridgehead atoms. The second kappa shape index (κ2) is 7.92. The number of carbonyl (C=O) groups excluding carboxylic acids is 1. The first-order chi connectivity index (χ1) is 8.29. The summed E-state index contributed by atoms with van der Waals surface area (Å²) in [6.45, 7) is 6.17. The van der Waals surface area contributed by atoms with Crippen LogP contribution in [0.3, 0.4) is 0 Å². The van der Waals surface area contributed by atoms with Crippen LogP contribution in [0.25, 0.3) is 0 Å².